The number of ether oxygens (including phenoxy) is 1. The Bertz CT molecular complexity index is 555. The predicted octanol–water partition coefficient (Wildman–Crippen LogP) is 4.34. The van der Waals surface area contributed by atoms with Crippen LogP contribution in [0.2, 0.25) is 0 Å². The van der Waals surface area contributed by atoms with Crippen LogP contribution in [0.1, 0.15) is 25.3 Å². The van der Waals surface area contributed by atoms with Crippen molar-refractivity contribution in [2.45, 2.75) is 19.8 Å². The first kappa shape index (κ1) is 12.9. The molecule has 0 bridgehead atoms. The maximum atomic E-state index is 5.84. The predicted molar refractivity (Wildman–Crippen MR) is 77.0 cm³/mol. The monoisotopic (exact) mass is 306 g/mol. The van der Waals surface area contributed by atoms with Gasteiger partial charge in [-0.15, -0.1) is 0 Å². The molecular formula is C14H15BrN2O. The molecule has 3 nitrogen and oxygen atoms in total. The van der Waals surface area contributed by atoms with Crippen molar-refractivity contribution in [1.29, 1.82) is 0 Å². The molecule has 1 heterocycles. The Balaban J connectivity index is 2.34. The largest absolute Gasteiger partial charge is 0.455 e. The second-order valence-electron chi connectivity index (χ2n) is 4.39. The number of aromatic nitrogens is 1. The van der Waals surface area contributed by atoms with Crippen molar-refractivity contribution in [2.24, 2.45) is 0 Å². The van der Waals surface area contributed by atoms with Crippen molar-refractivity contribution < 1.29 is 4.74 Å². The summed E-state index contributed by atoms with van der Waals surface area (Å²) in [6.45, 7) is 4.26. The van der Waals surface area contributed by atoms with Gasteiger partial charge in [0.25, 0.3) is 0 Å². The van der Waals surface area contributed by atoms with Crippen molar-refractivity contribution in [3.63, 3.8) is 0 Å². The van der Waals surface area contributed by atoms with Crippen LogP contribution >= 0.6 is 15.9 Å². The van der Waals surface area contributed by atoms with Crippen LogP contribution in [0.5, 0.6) is 11.5 Å². The molecule has 4 heteroatoms. The van der Waals surface area contributed by atoms with Crippen LogP contribution in [0, 0.1) is 0 Å². The van der Waals surface area contributed by atoms with Gasteiger partial charge in [-0.2, -0.15) is 0 Å². The van der Waals surface area contributed by atoms with E-state index in [4.69, 9.17) is 10.5 Å². The first-order valence-electron chi connectivity index (χ1n) is 5.74. The minimum Gasteiger partial charge on any atom is -0.455 e. The van der Waals surface area contributed by atoms with Gasteiger partial charge in [-0.3, -0.25) is 4.98 Å². The second-order valence-corrected chi connectivity index (χ2v) is 5.31. The van der Waals surface area contributed by atoms with Crippen LogP contribution in [0.4, 0.5) is 5.69 Å². The lowest BCUT2D eigenvalue weighted by molar-refractivity contribution is 0.471. The summed E-state index contributed by atoms with van der Waals surface area (Å²) >= 11 is 3.47. The van der Waals surface area contributed by atoms with Gasteiger partial charge in [-0.25, -0.2) is 0 Å². The van der Waals surface area contributed by atoms with Crippen molar-refractivity contribution in [2.75, 3.05) is 5.73 Å². The van der Waals surface area contributed by atoms with E-state index in [9.17, 15) is 0 Å². The number of pyridine rings is 1. The molecule has 0 atom stereocenters. The van der Waals surface area contributed by atoms with Gasteiger partial charge in [0.2, 0.25) is 0 Å². The Labute approximate surface area is 115 Å². The molecule has 0 amide bonds. The normalized spacial score (nSPS) is 10.7. The summed E-state index contributed by atoms with van der Waals surface area (Å²) in [6, 6.07) is 7.74. The first-order chi connectivity index (χ1) is 8.56. The number of nitrogens with zero attached hydrogens (tertiary/aromatic N) is 1. The van der Waals surface area contributed by atoms with Gasteiger partial charge in [-0.05, 0) is 29.7 Å². The lowest BCUT2D eigenvalue weighted by Crippen LogP contribution is -1.95. The number of hydrogen-bond acceptors (Lipinski definition) is 3. The smallest absolute Gasteiger partial charge is 0.147 e. The molecule has 2 N–H and O–H groups in total. The van der Waals surface area contributed by atoms with Gasteiger partial charge in [0, 0.05) is 10.5 Å². The van der Waals surface area contributed by atoms with E-state index in [1.54, 1.807) is 18.5 Å². The van der Waals surface area contributed by atoms with Crippen LogP contribution in [0.15, 0.2) is 41.1 Å². The lowest BCUT2D eigenvalue weighted by Gasteiger charge is -2.14. The molecule has 0 radical (unpaired) electrons. The first-order valence-corrected chi connectivity index (χ1v) is 6.53. The average Bonchev–Trinajstić information content (AvgIpc) is 2.31. The quantitative estimate of drug-likeness (QED) is 0.917. The number of rotatable bonds is 3. The van der Waals surface area contributed by atoms with E-state index in [1.165, 1.54) is 0 Å². The van der Waals surface area contributed by atoms with E-state index in [2.05, 4.69) is 40.8 Å². The zero-order chi connectivity index (χ0) is 13.1. The Morgan fingerprint density at radius 3 is 2.67 bits per heavy atom. The zero-order valence-electron chi connectivity index (χ0n) is 10.4. The fourth-order valence-corrected chi connectivity index (χ4v) is 2.06. The second kappa shape index (κ2) is 5.40. The van der Waals surface area contributed by atoms with Gasteiger partial charge >= 0.3 is 0 Å². The Kier molecular flexibility index (Phi) is 3.87. The van der Waals surface area contributed by atoms with E-state index in [0.29, 0.717) is 17.4 Å². The van der Waals surface area contributed by atoms with Gasteiger partial charge in [0.15, 0.2) is 0 Å². The molecule has 0 aliphatic heterocycles. The van der Waals surface area contributed by atoms with Crippen molar-refractivity contribution in [3.8, 4) is 11.5 Å². The summed E-state index contributed by atoms with van der Waals surface area (Å²) in [7, 11) is 0. The summed E-state index contributed by atoms with van der Waals surface area (Å²) in [4.78, 5) is 4.01. The summed E-state index contributed by atoms with van der Waals surface area (Å²) in [5.41, 5.74) is 7.42. The highest BCUT2D eigenvalue weighted by Gasteiger charge is 2.09. The summed E-state index contributed by atoms with van der Waals surface area (Å²) < 4.78 is 6.89. The molecule has 2 rings (SSSR count). The molecule has 0 fully saturated rings. The summed E-state index contributed by atoms with van der Waals surface area (Å²) in [6.07, 6.45) is 3.25. The fourth-order valence-electron chi connectivity index (χ4n) is 1.68. The Morgan fingerprint density at radius 2 is 2.00 bits per heavy atom. The minimum absolute atomic E-state index is 0.381. The van der Waals surface area contributed by atoms with Crippen molar-refractivity contribution in [1.82, 2.24) is 4.98 Å². The molecular weight excluding hydrogens is 292 g/mol. The van der Waals surface area contributed by atoms with Gasteiger partial charge in [0.05, 0.1) is 18.1 Å². The summed E-state index contributed by atoms with van der Waals surface area (Å²) in [5.74, 6) is 1.87. The number of hydrogen-bond donors (Lipinski definition) is 1. The molecule has 1 aromatic carbocycles. The van der Waals surface area contributed by atoms with E-state index in [0.717, 1.165) is 15.8 Å². The average molecular weight is 307 g/mol. The summed E-state index contributed by atoms with van der Waals surface area (Å²) in [5, 5.41) is 0. The van der Waals surface area contributed by atoms with Crippen LogP contribution < -0.4 is 10.5 Å². The third kappa shape index (κ3) is 3.01. The highest BCUT2D eigenvalue weighted by atomic mass is 79.9. The van der Waals surface area contributed by atoms with Crippen molar-refractivity contribution in [3.05, 3.63) is 46.7 Å². The number of benzene rings is 1. The van der Waals surface area contributed by atoms with Gasteiger partial charge in [-0.1, -0.05) is 29.8 Å². The molecule has 0 saturated carbocycles. The highest BCUT2D eigenvalue weighted by molar-refractivity contribution is 9.10. The van der Waals surface area contributed by atoms with Gasteiger partial charge in [0.1, 0.15) is 11.5 Å². The highest BCUT2D eigenvalue weighted by Crippen LogP contribution is 2.32. The number of nitrogen functional groups attached to an aromatic ring is 1. The topological polar surface area (TPSA) is 48.1 Å². The van der Waals surface area contributed by atoms with E-state index >= 15 is 0 Å². The Hall–Kier alpha value is -1.55. The third-order valence-corrected chi connectivity index (χ3v) is 3.05. The van der Waals surface area contributed by atoms with E-state index in [-0.39, 0.29) is 0 Å². The van der Waals surface area contributed by atoms with E-state index in [1.807, 2.05) is 12.1 Å². The lowest BCUT2D eigenvalue weighted by atomic mass is 10.0. The number of halogens is 1. The number of nitrogens with two attached hydrogens (primary N) is 1. The molecule has 94 valence electrons. The maximum Gasteiger partial charge on any atom is 0.147 e. The SMILES string of the molecule is CC(C)c1cc(Br)ccc1Oc1cncc(N)c1. The standard InChI is InChI=1S/C14H15BrN2O/c1-9(2)13-5-10(15)3-4-14(13)18-12-6-11(16)7-17-8-12/h3-9H,16H2,1-2H3. The van der Waals surface area contributed by atoms with Crippen molar-refractivity contribution >= 4 is 21.6 Å². The van der Waals surface area contributed by atoms with Gasteiger partial charge < -0.3 is 10.5 Å². The Morgan fingerprint density at radius 1 is 1.22 bits per heavy atom. The molecule has 0 spiro atoms. The number of anilines is 1. The molecule has 0 aliphatic carbocycles. The molecule has 0 unspecified atom stereocenters. The molecule has 18 heavy (non-hydrogen) atoms. The maximum absolute atomic E-state index is 5.84. The molecule has 1 aromatic heterocycles. The van der Waals surface area contributed by atoms with Crippen LogP contribution in [-0.2, 0) is 0 Å². The molecule has 0 saturated heterocycles. The minimum atomic E-state index is 0.381. The zero-order valence-corrected chi connectivity index (χ0v) is 11.9. The van der Waals surface area contributed by atoms with Crippen LogP contribution in [-0.4, -0.2) is 4.98 Å². The molecule has 0 aliphatic rings. The van der Waals surface area contributed by atoms with Crippen LogP contribution in [0.3, 0.4) is 0 Å². The van der Waals surface area contributed by atoms with E-state index < -0.39 is 0 Å². The molecule has 2 aromatic rings. The fraction of sp³-hybridized carbons (Fsp3) is 0.214. The van der Waals surface area contributed by atoms with Crippen LogP contribution in [0.25, 0.3) is 0 Å². The third-order valence-electron chi connectivity index (χ3n) is 2.56.